The molecule has 1 fully saturated rings. The van der Waals surface area contributed by atoms with Gasteiger partial charge in [0.2, 0.25) is 5.91 Å². The number of halogens is 3. The predicted octanol–water partition coefficient (Wildman–Crippen LogP) is 4.82. The van der Waals surface area contributed by atoms with Crippen LogP contribution in [0.2, 0.25) is 0 Å². The van der Waals surface area contributed by atoms with E-state index in [0.29, 0.717) is 48.7 Å². The number of benzene rings is 2. The van der Waals surface area contributed by atoms with Crippen molar-refractivity contribution in [3.63, 3.8) is 0 Å². The normalized spacial score (nSPS) is 15.7. The third-order valence-corrected chi connectivity index (χ3v) is 7.06. The van der Waals surface area contributed by atoms with E-state index in [0.717, 1.165) is 12.1 Å². The Morgan fingerprint density at radius 3 is 2.39 bits per heavy atom. The number of aromatic nitrogens is 4. The first-order chi connectivity index (χ1) is 19.6. The fourth-order valence-electron chi connectivity index (χ4n) is 5.07. The average molecular weight is 570 g/mol. The summed E-state index contributed by atoms with van der Waals surface area (Å²) in [5, 5.41) is 0. The van der Waals surface area contributed by atoms with E-state index in [-0.39, 0.29) is 48.3 Å². The standard InChI is InChI=1S/C29H30F3N5O4/c1-3-12-35-26-24(27(39)36(13-4-2)28(35)40)33-25(34-26)19-8-10-22(11-9-19)41-17-18-14-23(38)37(16-18)21-7-5-6-20(15-21)29(30,31)32/h5-11,15,18H,3-4,12-14,16-17H2,1-2H3,(H,33,34). The van der Waals surface area contributed by atoms with Crippen molar-refractivity contribution in [2.24, 2.45) is 5.92 Å². The SMILES string of the molecule is CCCn1c(=O)c2[nH]c(-c3ccc(OCC4CC(=O)N(c5cccc(C(F)(F)F)c5)C4)cc3)nc2n(CCC)c1=O. The van der Waals surface area contributed by atoms with Gasteiger partial charge in [-0.15, -0.1) is 0 Å². The number of aryl methyl sites for hydroxylation is 1. The molecule has 12 heteroatoms. The number of fused-ring (bicyclic) bond motifs is 1. The molecule has 1 amide bonds. The highest BCUT2D eigenvalue weighted by molar-refractivity contribution is 5.95. The summed E-state index contributed by atoms with van der Waals surface area (Å²) in [5.41, 5.74) is -0.0649. The van der Waals surface area contributed by atoms with Gasteiger partial charge >= 0.3 is 11.9 Å². The van der Waals surface area contributed by atoms with Crippen LogP contribution in [0.25, 0.3) is 22.6 Å². The summed E-state index contributed by atoms with van der Waals surface area (Å²) < 4.78 is 47.9. The van der Waals surface area contributed by atoms with Gasteiger partial charge in [0.25, 0.3) is 5.56 Å². The molecule has 9 nitrogen and oxygen atoms in total. The first-order valence-corrected chi connectivity index (χ1v) is 13.5. The van der Waals surface area contributed by atoms with Crippen molar-refractivity contribution in [3.8, 4) is 17.1 Å². The molecule has 1 aliphatic heterocycles. The van der Waals surface area contributed by atoms with E-state index < -0.39 is 17.3 Å². The highest BCUT2D eigenvalue weighted by Gasteiger charge is 2.34. The van der Waals surface area contributed by atoms with E-state index in [2.05, 4.69) is 9.97 Å². The van der Waals surface area contributed by atoms with Gasteiger partial charge in [0, 0.05) is 43.2 Å². The number of aromatic amines is 1. The molecule has 0 bridgehead atoms. The van der Waals surface area contributed by atoms with Crippen molar-refractivity contribution in [2.45, 2.75) is 52.4 Å². The molecule has 0 saturated carbocycles. The molecule has 1 unspecified atom stereocenters. The van der Waals surface area contributed by atoms with E-state index in [1.54, 1.807) is 24.3 Å². The molecule has 1 N–H and O–H groups in total. The van der Waals surface area contributed by atoms with Gasteiger partial charge in [0.1, 0.15) is 17.1 Å². The van der Waals surface area contributed by atoms with Crippen LogP contribution < -0.4 is 20.9 Å². The third-order valence-electron chi connectivity index (χ3n) is 7.06. The van der Waals surface area contributed by atoms with Gasteiger partial charge in [-0.3, -0.25) is 18.7 Å². The van der Waals surface area contributed by atoms with Crippen LogP contribution in [0.15, 0.2) is 58.1 Å². The van der Waals surface area contributed by atoms with Crippen molar-refractivity contribution >= 4 is 22.8 Å². The van der Waals surface area contributed by atoms with Crippen LogP contribution in [0.5, 0.6) is 5.75 Å². The summed E-state index contributed by atoms with van der Waals surface area (Å²) in [6.45, 7) is 5.08. The van der Waals surface area contributed by atoms with Crippen LogP contribution in [-0.2, 0) is 24.1 Å². The van der Waals surface area contributed by atoms with Crippen molar-refractivity contribution < 1.29 is 22.7 Å². The number of anilines is 1. The molecule has 2 aromatic carbocycles. The van der Waals surface area contributed by atoms with E-state index >= 15 is 0 Å². The van der Waals surface area contributed by atoms with Gasteiger partial charge in [-0.05, 0) is 55.3 Å². The maximum absolute atomic E-state index is 13.1. The monoisotopic (exact) mass is 569 g/mol. The fourth-order valence-corrected chi connectivity index (χ4v) is 5.07. The predicted molar refractivity (Wildman–Crippen MR) is 148 cm³/mol. The van der Waals surface area contributed by atoms with Crippen molar-refractivity contribution in [1.29, 1.82) is 0 Å². The number of hydrogen-bond acceptors (Lipinski definition) is 5. The third kappa shape index (κ3) is 5.63. The second-order valence-electron chi connectivity index (χ2n) is 10.1. The number of carbonyl (C=O) groups is 1. The number of alkyl halides is 3. The number of nitrogens with one attached hydrogen (secondary N) is 1. The smallest absolute Gasteiger partial charge is 0.416 e. The molecule has 5 rings (SSSR count). The van der Waals surface area contributed by atoms with Crippen LogP contribution in [-0.4, -0.2) is 38.2 Å². The maximum Gasteiger partial charge on any atom is 0.416 e. The molecule has 0 radical (unpaired) electrons. The number of ether oxygens (including phenoxy) is 1. The van der Waals surface area contributed by atoms with Crippen LogP contribution in [0.3, 0.4) is 0 Å². The lowest BCUT2D eigenvalue weighted by Crippen LogP contribution is -2.40. The lowest BCUT2D eigenvalue weighted by molar-refractivity contribution is -0.137. The lowest BCUT2D eigenvalue weighted by Gasteiger charge is -2.18. The van der Waals surface area contributed by atoms with Crippen LogP contribution in [0.1, 0.15) is 38.7 Å². The molecule has 4 aromatic rings. The molecule has 1 aliphatic rings. The minimum absolute atomic E-state index is 0.169. The van der Waals surface area contributed by atoms with Gasteiger partial charge in [0.15, 0.2) is 5.65 Å². The second-order valence-corrected chi connectivity index (χ2v) is 10.1. The summed E-state index contributed by atoms with van der Waals surface area (Å²) in [5.74, 6) is 0.550. The van der Waals surface area contributed by atoms with Crippen LogP contribution >= 0.6 is 0 Å². The summed E-state index contributed by atoms with van der Waals surface area (Å²) in [6, 6.07) is 11.8. The highest BCUT2D eigenvalue weighted by atomic mass is 19.4. The lowest BCUT2D eigenvalue weighted by atomic mass is 10.1. The average Bonchev–Trinajstić information content (AvgIpc) is 3.56. The molecule has 216 valence electrons. The molecule has 1 atom stereocenters. The summed E-state index contributed by atoms with van der Waals surface area (Å²) in [7, 11) is 0. The zero-order valence-electron chi connectivity index (χ0n) is 22.7. The van der Waals surface area contributed by atoms with Gasteiger partial charge in [0.05, 0.1) is 12.2 Å². The molecular weight excluding hydrogens is 539 g/mol. The first-order valence-electron chi connectivity index (χ1n) is 13.5. The quantitative estimate of drug-likeness (QED) is 0.311. The number of amides is 1. The maximum atomic E-state index is 13.1. The van der Waals surface area contributed by atoms with Crippen LogP contribution in [0.4, 0.5) is 18.9 Å². The van der Waals surface area contributed by atoms with Gasteiger partial charge in [-0.1, -0.05) is 19.9 Å². The second kappa shape index (κ2) is 11.3. The minimum Gasteiger partial charge on any atom is -0.493 e. The number of nitrogens with zero attached hydrogens (tertiary/aromatic N) is 4. The molecular formula is C29H30F3N5O4. The van der Waals surface area contributed by atoms with Gasteiger partial charge in [-0.25, -0.2) is 9.78 Å². The fraction of sp³-hybridized carbons (Fsp3) is 0.379. The van der Waals surface area contributed by atoms with E-state index in [9.17, 15) is 27.6 Å². The van der Waals surface area contributed by atoms with Crippen molar-refractivity contribution in [2.75, 3.05) is 18.1 Å². The van der Waals surface area contributed by atoms with E-state index in [1.807, 2.05) is 13.8 Å². The first kappa shape index (κ1) is 28.2. The van der Waals surface area contributed by atoms with Gasteiger partial charge in [-0.2, -0.15) is 13.2 Å². The molecule has 0 spiro atoms. The molecule has 41 heavy (non-hydrogen) atoms. The van der Waals surface area contributed by atoms with E-state index in [1.165, 1.54) is 26.2 Å². The molecule has 3 heterocycles. The summed E-state index contributed by atoms with van der Waals surface area (Å²) in [4.78, 5) is 47.4. The summed E-state index contributed by atoms with van der Waals surface area (Å²) in [6.07, 6.45) is -2.96. The van der Waals surface area contributed by atoms with Crippen LogP contribution in [0, 0.1) is 5.92 Å². The molecule has 1 saturated heterocycles. The van der Waals surface area contributed by atoms with Crippen molar-refractivity contribution in [1.82, 2.24) is 19.1 Å². The Bertz CT molecular complexity index is 1690. The zero-order valence-corrected chi connectivity index (χ0v) is 22.7. The Kier molecular flexibility index (Phi) is 7.74. The number of H-pyrrole nitrogens is 1. The zero-order chi connectivity index (χ0) is 29.3. The summed E-state index contributed by atoms with van der Waals surface area (Å²) >= 11 is 0. The Hall–Kier alpha value is -4.35. The Morgan fingerprint density at radius 2 is 1.71 bits per heavy atom. The number of carbonyl (C=O) groups excluding carboxylic acids is 1. The topological polar surface area (TPSA) is 102 Å². The molecule has 2 aromatic heterocycles. The number of hydrogen-bond donors (Lipinski definition) is 1. The largest absolute Gasteiger partial charge is 0.493 e. The minimum atomic E-state index is -4.49. The van der Waals surface area contributed by atoms with Gasteiger partial charge < -0.3 is 14.6 Å². The molecule has 0 aliphatic carbocycles. The highest BCUT2D eigenvalue weighted by Crippen LogP contribution is 2.33. The van der Waals surface area contributed by atoms with E-state index in [4.69, 9.17) is 4.74 Å². The number of rotatable bonds is 9. The Balaban J connectivity index is 1.29. The Labute approximate surface area is 233 Å². The number of imidazole rings is 1. The Morgan fingerprint density at radius 1 is 1.00 bits per heavy atom. The van der Waals surface area contributed by atoms with Crippen molar-refractivity contribution in [3.05, 3.63) is 74.9 Å².